The molecule has 0 aromatic heterocycles. The zero-order chi connectivity index (χ0) is 20.9. The normalized spacial score (nSPS) is 12.1. The van der Waals surface area contributed by atoms with Gasteiger partial charge in [0.05, 0.1) is 23.2 Å². The second-order valence-corrected chi connectivity index (χ2v) is 5.72. The number of hydrogen-bond donors (Lipinski definition) is 1. The third-order valence-corrected chi connectivity index (χ3v) is 3.86. The molecule has 1 amide bonds. The van der Waals surface area contributed by atoms with Crippen LogP contribution >= 0.6 is 0 Å². The maximum Gasteiger partial charge on any atom is 0.417 e. The molecule has 0 heterocycles. The van der Waals surface area contributed by atoms with Gasteiger partial charge in [0.2, 0.25) is 0 Å². The third kappa shape index (κ3) is 5.06. The summed E-state index contributed by atoms with van der Waals surface area (Å²) < 4.78 is 43.9. The van der Waals surface area contributed by atoms with Crippen LogP contribution in [-0.2, 0) is 22.1 Å². The van der Waals surface area contributed by atoms with Gasteiger partial charge >= 0.3 is 12.1 Å². The molecular weight excluding hydrogens is 381 g/mol. The van der Waals surface area contributed by atoms with E-state index in [1.54, 1.807) is 0 Å². The molecule has 0 aliphatic heterocycles. The number of methoxy groups -OCH3 is 1. The number of amides is 1. The van der Waals surface area contributed by atoms with E-state index < -0.39 is 40.1 Å². The summed E-state index contributed by atoms with van der Waals surface area (Å²) in [6.07, 6.45) is -4.86. The number of nitro groups is 1. The molecule has 2 aromatic carbocycles. The summed E-state index contributed by atoms with van der Waals surface area (Å²) in [7, 11) is 1.07. The van der Waals surface area contributed by atoms with Crippen molar-refractivity contribution >= 4 is 17.6 Å². The van der Waals surface area contributed by atoms with Gasteiger partial charge in [-0.1, -0.05) is 24.3 Å². The van der Waals surface area contributed by atoms with Crippen molar-refractivity contribution < 1.29 is 32.4 Å². The number of nitrogens with one attached hydrogen (secondary N) is 1. The molecule has 10 heteroatoms. The molecule has 1 N–H and O–H groups in total. The summed E-state index contributed by atoms with van der Waals surface area (Å²) in [6.45, 7) is 0. The largest absolute Gasteiger partial charge is 0.467 e. The summed E-state index contributed by atoms with van der Waals surface area (Å²) in [5, 5.41) is 12.9. The summed E-state index contributed by atoms with van der Waals surface area (Å²) in [6, 6.07) is 8.08. The second-order valence-electron chi connectivity index (χ2n) is 5.72. The Kier molecular flexibility index (Phi) is 6.34. The molecule has 2 rings (SSSR count). The van der Waals surface area contributed by atoms with Gasteiger partial charge < -0.3 is 10.1 Å². The topological polar surface area (TPSA) is 98.5 Å². The Labute approximate surface area is 157 Å². The summed E-state index contributed by atoms with van der Waals surface area (Å²) in [5.74, 6) is -1.96. The van der Waals surface area contributed by atoms with Crippen LogP contribution in [0.5, 0.6) is 0 Å². The van der Waals surface area contributed by atoms with E-state index in [4.69, 9.17) is 0 Å². The van der Waals surface area contributed by atoms with Crippen LogP contribution in [0.4, 0.5) is 18.9 Å². The first-order valence-electron chi connectivity index (χ1n) is 7.91. The van der Waals surface area contributed by atoms with Crippen molar-refractivity contribution in [1.29, 1.82) is 0 Å². The van der Waals surface area contributed by atoms with Crippen LogP contribution in [0.1, 0.15) is 21.5 Å². The van der Waals surface area contributed by atoms with Crippen LogP contribution in [0.15, 0.2) is 48.5 Å². The Hall–Kier alpha value is -3.43. The van der Waals surface area contributed by atoms with Crippen LogP contribution in [-0.4, -0.2) is 30.0 Å². The van der Waals surface area contributed by atoms with Crippen molar-refractivity contribution in [3.63, 3.8) is 0 Å². The predicted octanol–water partition coefficient (Wildman–Crippen LogP) is 3.13. The van der Waals surface area contributed by atoms with Crippen molar-refractivity contribution in [3.8, 4) is 0 Å². The smallest absolute Gasteiger partial charge is 0.417 e. The predicted molar refractivity (Wildman–Crippen MR) is 91.5 cm³/mol. The van der Waals surface area contributed by atoms with E-state index in [-0.39, 0.29) is 12.1 Å². The number of esters is 1. The number of non-ortho nitro benzene ring substituents is 1. The van der Waals surface area contributed by atoms with Crippen LogP contribution in [0.3, 0.4) is 0 Å². The van der Waals surface area contributed by atoms with Crippen molar-refractivity contribution in [3.05, 3.63) is 75.3 Å². The van der Waals surface area contributed by atoms with Gasteiger partial charge in [-0.25, -0.2) is 4.79 Å². The lowest BCUT2D eigenvalue weighted by Gasteiger charge is -2.18. The highest BCUT2D eigenvalue weighted by atomic mass is 19.4. The van der Waals surface area contributed by atoms with Crippen LogP contribution < -0.4 is 5.32 Å². The minimum absolute atomic E-state index is 0.120. The number of carbonyl (C=O) groups is 2. The molecule has 1 atom stereocenters. The van der Waals surface area contributed by atoms with Gasteiger partial charge in [0.25, 0.3) is 11.6 Å². The molecular formula is C18H15F3N2O5. The number of alkyl halides is 3. The van der Waals surface area contributed by atoms with E-state index in [2.05, 4.69) is 10.1 Å². The maximum atomic E-state index is 13.1. The highest BCUT2D eigenvalue weighted by molar-refractivity contribution is 5.98. The number of carbonyl (C=O) groups excluding carboxylic acids is 2. The van der Waals surface area contributed by atoms with Gasteiger partial charge in [-0.15, -0.1) is 0 Å². The number of nitrogens with zero attached hydrogens (tertiary/aromatic N) is 1. The second kappa shape index (κ2) is 8.51. The standard InChI is InChI=1S/C18H15F3N2O5/c1-28-17(25)15(10-11-6-8-12(9-7-11)23(26)27)22-16(24)13-4-2-3-5-14(13)18(19,20)21/h2-9,15H,10H2,1H3,(H,22,24). The Balaban J connectivity index is 2.24. The minimum atomic E-state index is -4.74. The molecule has 7 nitrogen and oxygen atoms in total. The molecule has 0 bridgehead atoms. The Morgan fingerprint density at radius 2 is 1.75 bits per heavy atom. The quantitative estimate of drug-likeness (QED) is 0.460. The third-order valence-electron chi connectivity index (χ3n) is 3.86. The minimum Gasteiger partial charge on any atom is -0.467 e. The van der Waals surface area contributed by atoms with Crippen molar-refractivity contribution in [2.75, 3.05) is 7.11 Å². The average Bonchev–Trinajstić information content (AvgIpc) is 2.66. The lowest BCUT2D eigenvalue weighted by Crippen LogP contribution is -2.43. The number of benzene rings is 2. The fourth-order valence-electron chi connectivity index (χ4n) is 2.49. The average molecular weight is 396 g/mol. The number of nitro benzene ring substituents is 1. The SMILES string of the molecule is COC(=O)C(Cc1ccc([N+](=O)[O-])cc1)NC(=O)c1ccccc1C(F)(F)F. The Morgan fingerprint density at radius 1 is 1.14 bits per heavy atom. The summed E-state index contributed by atoms with van der Waals surface area (Å²) >= 11 is 0. The molecule has 0 spiro atoms. The summed E-state index contributed by atoms with van der Waals surface area (Å²) in [5.41, 5.74) is -1.48. The molecule has 148 valence electrons. The molecule has 0 saturated carbocycles. The zero-order valence-electron chi connectivity index (χ0n) is 14.5. The molecule has 0 radical (unpaired) electrons. The van der Waals surface area contributed by atoms with Crippen LogP contribution in [0.25, 0.3) is 0 Å². The number of ether oxygens (including phenoxy) is 1. The molecule has 2 aromatic rings. The van der Waals surface area contributed by atoms with Gasteiger partial charge in [0, 0.05) is 18.6 Å². The van der Waals surface area contributed by atoms with Crippen molar-refractivity contribution in [2.45, 2.75) is 18.6 Å². The molecule has 0 fully saturated rings. The van der Waals surface area contributed by atoms with Crippen molar-refractivity contribution in [2.24, 2.45) is 0 Å². The van der Waals surface area contributed by atoms with Crippen LogP contribution in [0.2, 0.25) is 0 Å². The van der Waals surface area contributed by atoms with Gasteiger partial charge in [-0.05, 0) is 17.7 Å². The number of halogens is 3. The van der Waals surface area contributed by atoms with E-state index in [0.29, 0.717) is 5.56 Å². The Bertz CT molecular complexity index is 882. The van der Waals surface area contributed by atoms with Crippen LogP contribution in [0, 0.1) is 10.1 Å². The van der Waals surface area contributed by atoms with Gasteiger partial charge in [-0.3, -0.25) is 14.9 Å². The monoisotopic (exact) mass is 396 g/mol. The highest BCUT2D eigenvalue weighted by Crippen LogP contribution is 2.31. The first-order valence-corrected chi connectivity index (χ1v) is 7.91. The lowest BCUT2D eigenvalue weighted by atomic mass is 10.0. The van der Waals surface area contributed by atoms with E-state index in [0.717, 1.165) is 25.3 Å². The number of hydrogen-bond acceptors (Lipinski definition) is 5. The fraction of sp³-hybridized carbons (Fsp3) is 0.222. The fourth-order valence-corrected chi connectivity index (χ4v) is 2.49. The van der Waals surface area contributed by atoms with Gasteiger partial charge in [-0.2, -0.15) is 13.2 Å². The first kappa shape index (κ1) is 20.9. The molecule has 1 unspecified atom stereocenters. The lowest BCUT2D eigenvalue weighted by molar-refractivity contribution is -0.384. The van der Waals surface area contributed by atoms with E-state index in [1.807, 2.05) is 0 Å². The molecule has 0 aliphatic carbocycles. The highest BCUT2D eigenvalue weighted by Gasteiger charge is 2.35. The van der Waals surface area contributed by atoms with Gasteiger partial charge in [0.1, 0.15) is 6.04 Å². The van der Waals surface area contributed by atoms with E-state index in [1.165, 1.54) is 30.3 Å². The number of rotatable bonds is 6. The Morgan fingerprint density at radius 3 is 2.29 bits per heavy atom. The summed E-state index contributed by atoms with van der Waals surface area (Å²) in [4.78, 5) is 34.4. The van der Waals surface area contributed by atoms with Crippen molar-refractivity contribution in [1.82, 2.24) is 5.32 Å². The van der Waals surface area contributed by atoms with E-state index >= 15 is 0 Å². The molecule has 0 saturated heterocycles. The molecule has 28 heavy (non-hydrogen) atoms. The maximum absolute atomic E-state index is 13.1. The molecule has 0 aliphatic rings. The zero-order valence-corrected chi connectivity index (χ0v) is 14.5. The first-order chi connectivity index (χ1) is 13.1. The van der Waals surface area contributed by atoms with E-state index in [9.17, 15) is 32.9 Å². The van der Waals surface area contributed by atoms with Gasteiger partial charge in [0.15, 0.2) is 0 Å².